The van der Waals surface area contributed by atoms with Crippen molar-refractivity contribution in [3.8, 4) is 0 Å². The van der Waals surface area contributed by atoms with Crippen molar-refractivity contribution in [1.29, 1.82) is 0 Å². The number of rotatable bonds is 5. The zero-order valence-electron chi connectivity index (χ0n) is 8.67. The number of nitrogens with one attached hydrogen (secondary N) is 1. The first kappa shape index (κ1) is 12.1. The first-order valence-electron chi connectivity index (χ1n) is 4.90. The van der Waals surface area contributed by atoms with Crippen LogP contribution in [0.3, 0.4) is 0 Å². The largest absolute Gasteiger partial charge is 0.394 e. The lowest BCUT2D eigenvalue weighted by molar-refractivity contribution is -0.0314. The maximum atomic E-state index is 9.76. The molecule has 0 aliphatic rings. The fraction of sp³-hybridized carbons (Fsp3) is 0.455. The summed E-state index contributed by atoms with van der Waals surface area (Å²) in [5.74, 6) is 0. The summed E-state index contributed by atoms with van der Waals surface area (Å²) in [6.45, 7) is -0.452. The molecule has 0 bridgehead atoms. The van der Waals surface area contributed by atoms with Crippen LogP contribution in [0.5, 0.6) is 0 Å². The first-order chi connectivity index (χ1) is 7.20. The zero-order valence-corrected chi connectivity index (χ0v) is 8.67. The van der Waals surface area contributed by atoms with Gasteiger partial charge in [0.25, 0.3) is 0 Å². The van der Waals surface area contributed by atoms with Gasteiger partial charge in [0.05, 0.1) is 12.6 Å². The number of hydrogen-bond donors (Lipinski definition) is 4. The van der Waals surface area contributed by atoms with Crippen LogP contribution in [0.15, 0.2) is 30.3 Å². The normalized spacial score (nSPS) is 17.1. The van der Waals surface area contributed by atoms with Gasteiger partial charge < -0.3 is 20.6 Å². The van der Waals surface area contributed by atoms with Crippen molar-refractivity contribution in [1.82, 2.24) is 5.32 Å². The second-order valence-corrected chi connectivity index (χ2v) is 3.42. The third kappa shape index (κ3) is 3.00. The minimum absolute atomic E-state index is 0.381. The van der Waals surface area contributed by atoms with Crippen molar-refractivity contribution >= 4 is 0 Å². The summed E-state index contributed by atoms with van der Waals surface area (Å²) in [6, 6.07) is 8.93. The van der Waals surface area contributed by atoms with Crippen LogP contribution in [-0.2, 0) is 0 Å². The highest BCUT2D eigenvalue weighted by Crippen LogP contribution is 2.18. The van der Waals surface area contributed by atoms with Crippen LogP contribution in [0.1, 0.15) is 11.6 Å². The monoisotopic (exact) mass is 211 g/mol. The molecule has 0 spiro atoms. The molecule has 0 fully saturated rings. The molecular weight excluding hydrogens is 194 g/mol. The molecule has 1 aromatic rings. The van der Waals surface area contributed by atoms with E-state index in [0.29, 0.717) is 0 Å². The Morgan fingerprint density at radius 3 is 2.27 bits per heavy atom. The molecule has 0 amide bonds. The van der Waals surface area contributed by atoms with E-state index in [1.165, 1.54) is 0 Å². The minimum atomic E-state index is -1.14. The molecule has 1 aromatic carbocycles. The molecule has 0 aromatic heterocycles. The summed E-state index contributed by atoms with van der Waals surface area (Å²) in [5.41, 5.74) is 0.875. The Kier molecular flexibility index (Phi) is 4.71. The highest BCUT2D eigenvalue weighted by Gasteiger charge is 2.25. The van der Waals surface area contributed by atoms with Crippen molar-refractivity contribution in [3.63, 3.8) is 0 Å². The van der Waals surface area contributed by atoms with E-state index in [1.54, 1.807) is 7.05 Å². The number of hydrogen-bond acceptors (Lipinski definition) is 4. The van der Waals surface area contributed by atoms with Gasteiger partial charge in [0, 0.05) is 0 Å². The molecule has 84 valence electrons. The number of aliphatic hydroxyl groups is 3. The molecule has 1 rings (SSSR count). The fourth-order valence-electron chi connectivity index (χ4n) is 1.53. The van der Waals surface area contributed by atoms with Crippen molar-refractivity contribution in [2.75, 3.05) is 13.7 Å². The molecule has 0 aliphatic carbocycles. The van der Waals surface area contributed by atoms with Gasteiger partial charge in [0.15, 0.2) is 0 Å². The Balaban J connectivity index is 2.80. The number of benzene rings is 1. The molecule has 4 N–H and O–H groups in total. The van der Waals surface area contributed by atoms with Gasteiger partial charge in [-0.15, -0.1) is 0 Å². The molecule has 4 nitrogen and oxygen atoms in total. The third-order valence-electron chi connectivity index (χ3n) is 2.39. The van der Waals surface area contributed by atoms with Crippen LogP contribution < -0.4 is 5.32 Å². The van der Waals surface area contributed by atoms with E-state index in [4.69, 9.17) is 5.11 Å². The Bertz CT molecular complexity index is 278. The predicted octanol–water partition coefficient (Wildman–Crippen LogP) is -0.339. The van der Waals surface area contributed by atoms with Crippen LogP contribution in [0, 0.1) is 0 Å². The maximum Gasteiger partial charge on any atom is 0.105 e. The number of aliphatic hydroxyl groups excluding tert-OH is 3. The van der Waals surface area contributed by atoms with E-state index in [0.717, 1.165) is 5.56 Å². The van der Waals surface area contributed by atoms with E-state index in [1.807, 2.05) is 30.3 Å². The molecule has 15 heavy (non-hydrogen) atoms. The lowest BCUT2D eigenvalue weighted by Crippen LogP contribution is -2.40. The van der Waals surface area contributed by atoms with E-state index < -0.39 is 18.8 Å². The summed E-state index contributed by atoms with van der Waals surface area (Å²) in [4.78, 5) is 0. The van der Waals surface area contributed by atoms with Crippen LogP contribution in [0.2, 0.25) is 0 Å². The summed E-state index contributed by atoms with van der Waals surface area (Å²) >= 11 is 0. The fourth-order valence-corrected chi connectivity index (χ4v) is 1.53. The topological polar surface area (TPSA) is 72.7 Å². The highest BCUT2D eigenvalue weighted by atomic mass is 16.4. The van der Waals surface area contributed by atoms with Gasteiger partial charge in [-0.3, -0.25) is 0 Å². The quantitative estimate of drug-likeness (QED) is 0.538. The maximum absolute atomic E-state index is 9.76. The molecule has 0 saturated heterocycles. The predicted molar refractivity (Wildman–Crippen MR) is 57.3 cm³/mol. The van der Waals surface area contributed by atoms with Gasteiger partial charge in [-0.05, 0) is 12.6 Å². The smallest absolute Gasteiger partial charge is 0.105 e. The van der Waals surface area contributed by atoms with Gasteiger partial charge in [-0.2, -0.15) is 0 Å². The minimum Gasteiger partial charge on any atom is -0.394 e. The van der Waals surface area contributed by atoms with Crippen molar-refractivity contribution in [3.05, 3.63) is 35.9 Å². The van der Waals surface area contributed by atoms with Gasteiger partial charge in [0.1, 0.15) is 12.2 Å². The molecule has 2 unspecified atom stereocenters. The average Bonchev–Trinajstić information content (AvgIpc) is 2.30. The molecule has 4 heteroatoms. The molecular formula is C11H17NO3. The number of likely N-dealkylation sites (N-methyl/N-ethyl adjacent to an activating group) is 1. The van der Waals surface area contributed by atoms with Gasteiger partial charge in [-0.25, -0.2) is 0 Å². The first-order valence-corrected chi connectivity index (χ1v) is 4.90. The van der Waals surface area contributed by atoms with Crippen LogP contribution in [-0.4, -0.2) is 41.2 Å². The lowest BCUT2D eigenvalue weighted by atomic mass is 9.98. The second-order valence-electron chi connectivity index (χ2n) is 3.42. The van der Waals surface area contributed by atoms with Crippen LogP contribution >= 0.6 is 0 Å². The highest BCUT2D eigenvalue weighted by molar-refractivity contribution is 5.20. The molecule has 3 atom stereocenters. The van der Waals surface area contributed by atoms with E-state index in [-0.39, 0.29) is 6.04 Å². The Hall–Kier alpha value is -0.940. The summed E-state index contributed by atoms with van der Waals surface area (Å²) in [6.07, 6.45) is -2.16. The average molecular weight is 211 g/mol. The summed E-state index contributed by atoms with van der Waals surface area (Å²) in [5, 5.41) is 30.8. The Labute approximate surface area is 89.2 Å². The third-order valence-corrected chi connectivity index (χ3v) is 2.39. The Morgan fingerprint density at radius 1 is 1.20 bits per heavy atom. The lowest BCUT2D eigenvalue weighted by Gasteiger charge is -2.25. The molecule has 0 saturated carbocycles. The zero-order chi connectivity index (χ0) is 11.3. The van der Waals surface area contributed by atoms with Crippen molar-refractivity contribution < 1.29 is 15.3 Å². The van der Waals surface area contributed by atoms with Gasteiger partial charge >= 0.3 is 0 Å². The summed E-state index contributed by atoms with van der Waals surface area (Å²) < 4.78 is 0. The summed E-state index contributed by atoms with van der Waals surface area (Å²) in [7, 11) is 1.70. The molecule has 0 heterocycles. The SMILES string of the molecule is CN[C@@H](c1ccccc1)C(O)C(O)CO. The van der Waals surface area contributed by atoms with Crippen LogP contribution in [0.25, 0.3) is 0 Å². The van der Waals surface area contributed by atoms with Gasteiger partial charge in [-0.1, -0.05) is 30.3 Å². The molecule has 0 radical (unpaired) electrons. The van der Waals surface area contributed by atoms with E-state index in [2.05, 4.69) is 5.32 Å². The van der Waals surface area contributed by atoms with Gasteiger partial charge in [0.2, 0.25) is 0 Å². The van der Waals surface area contributed by atoms with Crippen LogP contribution in [0.4, 0.5) is 0 Å². The standard InChI is InChI=1S/C11H17NO3/c1-12-10(11(15)9(14)7-13)8-5-3-2-4-6-8/h2-6,9-15H,7H2,1H3/t9?,10-,11?/m0/s1. The van der Waals surface area contributed by atoms with Crippen molar-refractivity contribution in [2.45, 2.75) is 18.2 Å². The second kappa shape index (κ2) is 5.82. The Morgan fingerprint density at radius 2 is 1.80 bits per heavy atom. The van der Waals surface area contributed by atoms with Crippen molar-refractivity contribution in [2.24, 2.45) is 0 Å². The van der Waals surface area contributed by atoms with E-state index >= 15 is 0 Å². The van der Waals surface area contributed by atoms with E-state index in [9.17, 15) is 10.2 Å². The molecule has 0 aliphatic heterocycles.